The molecule has 1 saturated heterocycles. The molecule has 1 aromatic rings. The van der Waals surface area contributed by atoms with Crippen LogP contribution in [-0.2, 0) is 16.6 Å². The van der Waals surface area contributed by atoms with E-state index in [1.54, 1.807) is 18.2 Å². The van der Waals surface area contributed by atoms with E-state index in [4.69, 9.17) is 17.3 Å². The van der Waals surface area contributed by atoms with Crippen LogP contribution in [0.15, 0.2) is 23.1 Å². The molecule has 0 unspecified atom stereocenters. The van der Waals surface area contributed by atoms with Gasteiger partial charge in [0.2, 0.25) is 10.0 Å². The van der Waals surface area contributed by atoms with Gasteiger partial charge in [0.05, 0.1) is 4.90 Å². The average molecular weight is 303 g/mol. The average Bonchev–Trinajstić information content (AvgIpc) is 2.70. The molecule has 106 valence electrons. The molecule has 0 aromatic heterocycles. The van der Waals surface area contributed by atoms with Crippen LogP contribution >= 0.6 is 11.6 Å². The normalized spacial score (nSPS) is 19.8. The maximum atomic E-state index is 12.5. The lowest BCUT2D eigenvalue weighted by molar-refractivity contribution is 0.375. The second-order valence-corrected chi connectivity index (χ2v) is 8.06. The van der Waals surface area contributed by atoms with Crippen molar-refractivity contribution in [3.8, 4) is 0 Å². The summed E-state index contributed by atoms with van der Waals surface area (Å²) in [6, 6.07) is 4.71. The first-order chi connectivity index (χ1) is 8.76. The van der Waals surface area contributed by atoms with Gasteiger partial charge in [0.25, 0.3) is 0 Å². The number of benzene rings is 1. The molecule has 0 spiro atoms. The van der Waals surface area contributed by atoms with Crippen molar-refractivity contribution in [3.05, 3.63) is 28.8 Å². The van der Waals surface area contributed by atoms with Gasteiger partial charge in [-0.3, -0.25) is 0 Å². The van der Waals surface area contributed by atoms with Gasteiger partial charge in [0.15, 0.2) is 0 Å². The Morgan fingerprint density at radius 2 is 2.11 bits per heavy atom. The van der Waals surface area contributed by atoms with E-state index in [0.717, 1.165) is 6.42 Å². The third-order valence-electron chi connectivity index (χ3n) is 3.52. The van der Waals surface area contributed by atoms with Crippen molar-refractivity contribution in [1.29, 1.82) is 0 Å². The topological polar surface area (TPSA) is 63.4 Å². The molecule has 0 bridgehead atoms. The summed E-state index contributed by atoms with van der Waals surface area (Å²) in [6.07, 6.45) is 0.879. The highest BCUT2D eigenvalue weighted by Crippen LogP contribution is 2.33. The number of hydrogen-bond donors (Lipinski definition) is 1. The maximum Gasteiger partial charge on any atom is 0.243 e. The van der Waals surface area contributed by atoms with Crippen molar-refractivity contribution in [2.75, 3.05) is 13.1 Å². The van der Waals surface area contributed by atoms with Gasteiger partial charge in [0.1, 0.15) is 0 Å². The van der Waals surface area contributed by atoms with Gasteiger partial charge in [-0.05, 0) is 35.6 Å². The molecule has 0 amide bonds. The number of halogens is 1. The van der Waals surface area contributed by atoms with Crippen LogP contribution in [0, 0.1) is 5.41 Å². The zero-order valence-electron chi connectivity index (χ0n) is 11.2. The lowest BCUT2D eigenvalue weighted by Gasteiger charge is -2.20. The van der Waals surface area contributed by atoms with Gasteiger partial charge in [-0.15, -0.1) is 0 Å². The minimum atomic E-state index is -3.44. The molecule has 19 heavy (non-hydrogen) atoms. The van der Waals surface area contributed by atoms with E-state index in [2.05, 4.69) is 13.8 Å². The molecule has 1 aliphatic rings. The van der Waals surface area contributed by atoms with E-state index in [9.17, 15) is 8.42 Å². The van der Waals surface area contributed by atoms with Crippen molar-refractivity contribution in [2.45, 2.75) is 31.7 Å². The molecule has 1 fully saturated rings. The molecule has 1 aliphatic heterocycles. The zero-order valence-corrected chi connectivity index (χ0v) is 12.8. The van der Waals surface area contributed by atoms with E-state index < -0.39 is 10.0 Å². The summed E-state index contributed by atoms with van der Waals surface area (Å²) in [4.78, 5) is 0.273. The van der Waals surface area contributed by atoms with Crippen molar-refractivity contribution < 1.29 is 8.42 Å². The van der Waals surface area contributed by atoms with E-state index in [1.165, 1.54) is 4.31 Å². The first-order valence-electron chi connectivity index (χ1n) is 6.25. The van der Waals surface area contributed by atoms with Crippen molar-refractivity contribution >= 4 is 21.6 Å². The Kier molecular flexibility index (Phi) is 3.93. The van der Waals surface area contributed by atoms with Gasteiger partial charge < -0.3 is 5.73 Å². The number of rotatable bonds is 3. The Hall–Kier alpha value is -0.620. The number of nitrogens with two attached hydrogens (primary N) is 1. The van der Waals surface area contributed by atoms with Crippen LogP contribution < -0.4 is 5.73 Å². The fourth-order valence-electron chi connectivity index (χ4n) is 2.29. The Labute approximate surface area is 119 Å². The maximum absolute atomic E-state index is 12.5. The number of sulfonamides is 1. The molecule has 6 heteroatoms. The highest BCUT2D eigenvalue weighted by molar-refractivity contribution is 7.89. The summed E-state index contributed by atoms with van der Waals surface area (Å²) in [5.74, 6) is 0. The molecule has 0 saturated carbocycles. The van der Waals surface area contributed by atoms with Gasteiger partial charge in [-0.25, -0.2) is 8.42 Å². The van der Waals surface area contributed by atoms with Crippen LogP contribution in [-0.4, -0.2) is 25.8 Å². The minimum Gasteiger partial charge on any atom is -0.326 e. The Bertz CT molecular complexity index is 584. The molecule has 4 nitrogen and oxygen atoms in total. The largest absolute Gasteiger partial charge is 0.326 e. The van der Waals surface area contributed by atoms with Crippen LogP contribution in [0.4, 0.5) is 0 Å². The quantitative estimate of drug-likeness (QED) is 0.931. The Balaban J connectivity index is 2.35. The highest BCUT2D eigenvalue weighted by Gasteiger charge is 2.36. The second-order valence-electron chi connectivity index (χ2n) is 5.71. The SMILES string of the molecule is CC1(C)CCN(S(=O)(=O)c2ccc(Cl)c(CN)c2)C1. The van der Waals surface area contributed by atoms with Crippen molar-refractivity contribution in [1.82, 2.24) is 4.31 Å². The van der Waals surface area contributed by atoms with E-state index in [-0.39, 0.29) is 16.9 Å². The first-order valence-corrected chi connectivity index (χ1v) is 8.07. The molecule has 1 aromatic carbocycles. The van der Waals surface area contributed by atoms with Crippen LogP contribution in [0.3, 0.4) is 0 Å². The van der Waals surface area contributed by atoms with E-state index >= 15 is 0 Å². The number of hydrogen-bond acceptors (Lipinski definition) is 3. The molecule has 1 heterocycles. The van der Waals surface area contributed by atoms with Crippen LogP contribution in [0.1, 0.15) is 25.8 Å². The predicted molar refractivity (Wildman–Crippen MR) is 76.5 cm³/mol. The monoisotopic (exact) mass is 302 g/mol. The number of nitrogens with zero attached hydrogens (tertiary/aromatic N) is 1. The summed E-state index contributed by atoms with van der Waals surface area (Å²) in [5, 5.41) is 0.503. The van der Waals surface area contributed by atoms with Crippen molar-refractivity contribution in [2.24, 2.45) is 11.1 Å². The smallest absolute Gasteiger partial charge is 0.243 e. The van der Waals surface area contributed by atoms with Gasteiger partial charge >= 0.3 is 0 Å². The van der Waals surface area contributed by atoms with Crippen molar-refractivity contribution in [3.63, 3.8) is 0 Å². The molecular formula is C13H19ClN2O2S. The fraction of sp³-hybridized carbons (Fsp3) is 0.538. The lowest BCUT2D eigenvalue weighted by Crippen LogP contribution is -2.30. The fourth-order valence-corrected chi connectivity index (χ4v) is 4.16. The van der Waals surface area contributed by atoms with E-state index in [1.807, 2.05) is 0 Å². The third-order valence-corrected chi connectivity index (χ3v) is 5.73. The predicted octanol–water partition coefficient (Wildman–Crippen LogP) is 2.22. The molecule has 0 atom stereocenters. The van der Waals surface area contributed by atoms with Gasteiger partial charge in [-0.2, -0.15) is 4.31 Å². The summed E-state index contributed by atoms with van der Waals surface area (Å²) in [6.45, 7) is 5.50. The Morgan fingerprint density at radius 3 is 2.63 bits per heavy atom. The summed E-state index contributed by atoms with van der Waals surface area (Å²) < 4.78 is 26.6. The Morgan fingerprint density at radius 1 is 1.42 bits per heavy atom. The molecule has 2 N–H and O–H groups in total. The van der Waals surface area contributed by atoms with E-state index in [0.29, 0.717) is 23.7 Å². The van der Waals surface area contributed by atoms with Crippen LogP contribution in [0.25, 0.3) is 0 Å². The minimum absolute atomic E-state index is 0.0379. The van der Waals surface area contributed by atoms with Gasteiger partial charge in [-0.1, -0.05) is 25.4 Å². The highest BCUT2D eigenvalue weighted by atomic mass is 35.5. The van der Waals surface area contributed by atoms with Crippen LogP contribution in [0.2, 0.25) is 5.02 Å². The van der Waals surface area contributed by atoms with Crippen LogP contribution in [0.5, 0.6) is 0 Å². The first kappa shape index (κ1) is 14.8. The summed E-state index contributed by atoms with van der Waals surface area (Å²) in [7, 11) is -3.44. The third kappa shape index (κ3) is 2.94. The zero-order chi connectivity index (χ0) is 14.3. The molecule has 2 rings (SSSR count). The lowest BCUT2D eigenvalue weighted by atomic mass is 9.93. The summed E-state index contributed by atoms with van der Waals surface area (Å²) >= 11 is 5.96. The molecular weight excluding hydrogens is 284 g/mol. The summed E-state index contributed by atoms with van der Waals surface area (Å²) in [5.41, 5.74) is 6.26. The van der Waals surface area contributed by atoms with Gasteiger partial charge in [0, 0.05) is 24.7 Å². The molecule has 0 aliphatic carbocycles. The standard InChI is InChI=1S/C13H19ClN2O2S/c1-13(2)5-6-16(9-13)19(17,18)11-3-4-12(14)10(7-11)8-15/h3-4,7H,5-6,8-9,15H2,1-2H3. The second kappa shape index (κ2) is 5.05. The molecule has 0 radical (unpaired) electrons.